The predicted molar refractivity (Wildman–Crippen MR) is 115 cm³/mol. The molecule has 7 nitrogen and oxygen atoms in total. The lowest BCUT2D eigenvalue weighted by molar-refractivity contribution is -0.124. The second kappa shape index (κ2) is 9.04. The van der Waals surface area contributed by atoms with Crippen LogP contribution in [0.15, 0.2) is 18.2 Å². The molecule has 0 unspecified atom stereocenters. The van der Waals surface area contributed by atoms with Crippen LogP contribution in [0.4, 0.5) is 5.69 Å². The highest BCUT2D eigenvalue weighted by Gasteiger charge is 2.51. The van der Waals surface area contributed by atoms with Crippen molar-refractivity contribution in [3.63, 3.8) is 0 Å². The molecule has 0 saturated carbocycles. The molecule has 0 aromatic heterocycles. The van der Waals surface area contributed by atoms with Gasteiger partial charge >= 0.3 is 0 Å². The first kappa shape index (κ1) is 21.3. The third-order valence-corrected chi connectivity index (χ3v) is 6.94. The van der Waals surface area contributed by atoms with Crippen LogP contribution in [0, 0.1) is 0 Å². The number of nitrogens with zero attached hydrogens (tertiary/aromatic N) is 2. The summed E-state index contributed by atoms with van der Waals surface area (Å²) >= 11 is 0. The van der Waals surface area contributed by atoms with Gasteiger partial charge in [0.1, 0.15) is 0 Å². The number of carbonyl (C=O) groups is 2. The van der Waals surface area contributed by atoms with E-state index in [9.17, 15) is 9.59 Å². The van der Waals surface area contributed by atoms with Gasteiger partial charge in [0.05, 0.1) is 5.41 Å². The Morgan fingerprint density at radius 2 is 2.00 bits per heavy atom. The molecule has 2 fully saturated rings. The van der Waals surface area contributed by atoms with Crippen molar-refractivity contribution in [1.29, 1.82) is 0 Å². The van der Waals surface area contributed by atoms with Gasteiger partial charge < -0.3 is 24.6 Å². The number of rotatable bonds is 6. The van der Waals surface area contributed by atoms with Crippen LogP contribution in [-0.4, -0.2) is 76.4 Å². The summed E-state index contributed by atoms with van der Waals surface area (Å²) in [5.41, 5.74) is 2.10. The summed E-state index contributed by atoms with van der Waals surface area (Å²) in [6.07, 6.45) is 4.29. The Labute approximate surface area is 178 Å². The summed E-state index contributed by atoms with van der Waals surface area (Å²) in [5, 5.41) is 3.14. The zero-order valence-corrected chi connectivity index (χ0v) is 18.1. The number of methoxy groups -OCH3 is 1. The molecule has 7 heteroatoms. The van der Waals surface area contributed by atoms with Crippen molar-refractivity contribution in [1.82, 2.24) is 10.2 Å². The molecule has 1 N–H and O–H groups in total. The van der Waals surface area contributed by atoms with Gasteiger partial charge in [0.15, 0.2) is 0 Å². The van der Waals surface area contributed by atoms with E-state index in [-0.39, 0.29) is 17.9 Å². The first-order chi connectivity index (χ1) is 14.5. The molecule has 0 bridgehead atoms. The standard InChI is InChI=1S/C23H33N3O4/c1-25-20-5-4-17(21(27)24-18-6-14-30-15-7-18)16-19(20)23(22(25)28)8-11-26(12-9-23)10-3-13-29-2/h4-5,16,18H,3,6-15H2,1-2H3,(H,24,27). The highest BCUT2D eigenvalue weighted by Crippen LogP contribution is 2.47. The highest BCUT2D eigenvalue weighted by atomic mass is 16.5. The highest BCUT2D eigenvalue weighted by molar-refractivity contribution is 6.09. The smallest absolute Gasteiger partial charge is 0.251 e. The topological polar surface area (TPSA) is 71.1 Å². The Kier molecular flexibility index (Phi) is 6.41. The Hall–Kier alpha value is -1.96. The Morgan fingerprint density at radius 1 is 1.27 bits per heavy atom. The van der Waals surface area contributed by atoms with E-state index in [2.05, 4.69) is 10.2 Å². The van der Waals surface area contributed by atoms with E-state index in [4.69, 9.17) is 9.47 Å². The van der Waals surface area contributed by atoms with Gasteiger partial charge in [-0.05, 0) is 69.0 Å². The van der Waals surface area contributed by atoms with Crippen molar-refractivity contribution >= 4 is 17.5 Å². The third-order valence-electron chi connectivity index (χ3n) is 6.94. The van der Waals surface area contributed by atoms with Gasteiger partial charge in [0, 0.05) is 57.8 Å². The van der Waals surface area contributed by atoms with Crippen molar-refractivity contribution in [3.8, 4) is 0 Å². The SMILES string of the molecule is COCCCN1CCC2(CC1)C(=O)N(C)c1ccc(C(=O)NC3CCOCC3)cc12. The second-order valence-corrected chi connectivity index (χ2v) is 8.73. The fourth-order valence-corrected chi connectivity index (χ4v) is 5.08. The fraction of sp³-hybridized carbons (Fsp3) is 0.652. The number of hydrogen-bond acceptors (Lipinski definition) is 5. The minimum absolute atomic E-state index is 0.0566. The third kappa shape index (κ3) is 3.98. The van der Waals surface area contributed by atoms with Crippen molar-refractivity contribution in [2.75, 3.05) is 58.5 Å². The Bertz CT molecular complexity index is 783. The molecule has 4 rings (SSSR count). The minimum Gasteiger partial charge on any atom is -0.385 e. The van der Waals surface area contributed by atoms with E-state index in [1.165, 1.54) is 0 Å². The van der Waals surface area contributed by atoms with Gasteiger partial charge in [-0.2, -0.15) is 0 Å². The van der Waals surface area contributed by atoms with E-state index in [0.29, 0.717) is 18.8 Å². The summed E-state index contributed by atoms with van der Waals surface area (Å²) in [7, 11) is 3.58. The molecule has 1 aromatic rings. The summed E-state index contributed by atoms with van der Waals surface area (Å²) < 4.78 is 10.5. The normalized spacial score (nSPS) is 21.8. The van der Waals surface area contributed by atoms with Gasteiger partial charge in [0.25, 0.3) is 5.91 Å². The molecule has 3 aliphatic heterocycles. The molecule has 0 aliphatic carbocycles. The average molecular weight is 416 g/mol. The van der Waals surface area contributed by atoms with Gasteiger partial charge in [0.2, 0.25) is 5.91 Å². The number of amides is 2. The van der Waals surface area contributed by atoms with Crippen molar-refractivity contribution in [2.45, 2.75) is 43.6 Å². The molecular weight excluding hydrogens is 382 g/mol. The number of fused-ring (bicyclic) bond motifs is 2. The number of likely N-dealkylation sites (tertiary alicyclic amines) is 1. The number of anilines is 1. The van der Waals surface area contributed by atoms with Crippen LogP contribution in [0.1, 0.15) is 48.0 Å². The number of benzene rings is 1. The first-order valence-electron chi connectivity index (χ1n) is 11.1. The number of piperidine rings is 1. The second-order valence-electron chi connectivity index (χ2n) is 8.73. The summed E-state index contributed by atoms with van der Waals surface area (Å²) in [6, 6.07) is 5.90. The molecule has 1 spiro atoms. The first-order valence-corrected chi connectivity index (χ1v) is 11.1. The predicted octanol–water partition coefficient (Wildman–Crippen LogP) is 1.94. The number of hydrogen-bond donors (Lipinski definition) is 1. The summed E-state index contributed by atoms with van der Waals surface area (Å²) in [5.74, 6) is 0.106. The lowest BCUT2D eigenvalue weighted by Crippen LogP contribution is -2.48. The number of ether oxygens (including phenoxy) is 2. The van der Waals surface area contributed by atoms with E-state index < -0.39 is 5.41 Å². The molecule has 2 saturated heterocycles. The molecule has 3 heterocycles. The van der Waals surface area contributed by atoms with Crippen LogP contribution in [0.5, 0.6) is 0 Å². The van der Waals surface area contributed by atoms with E-state index in [1.807, 2.05) is 25.2 Å². The maximum Gasteiger partial charge on any atom is 0.251 e. The van der Waals surface area contributed by atoms with Gasteiger partial charge in [-0.3, -0.25) is 9.59 Å². The van der Waals surface area contributed by atoms with E-state index in [1.54, 1.807) is 12.0 Å². The summed E-state index contributed by atoms with van der Waals surface area (Å²) in [6.45, 7) is 4.92. The van der Waals surface area contributed by atoms with Crippen LogP contribution in [0.2, 0.25) is 0 Å². The monoisotopic (exact) mass is 415 g/mol. The molecule has 1 aromatic carbocycles. The fourth-order valence-electron chi connectivity index (χ4n) is 5.08. The zero-order chi connectivity index (χ0) is 21.1. The largest absolute Gasteiger partial charge is 0.385 e. The quantitative estimate of drug-likeness (QED) is 0.719. The minimum atomic E-state index is -0.503. The van der Waals surface area contributed by atoms with Crippen LogP contribution < -0.4 is 10.2 Å². The molecular formula is C23H33N3O4. The van der Waals surface area contributed by atoms with Crippen molar-refractivity contribution in [3.05, 3.63) is 29.3 Å². The average Bonchev–Trinajstić information content (AvgIpc) is 2.97. The lowest BCUT2D eigenvalue weighted by Gasteiger charge is -2.38. The van der Waals surface area contributed by atoms with Crippen molar-refractivity contribution in [2.24, 2.45) is 0 Å². The summed E-state index contributed by atoms with van der Waals surface area (Å²) in [4.78, 5) is 30.3. The van der Waals surface area contributed by atoms with Crippen LogP contribution in [0.3, 0.4) is 0 Å². The molecule has 0 atom stereocenters. The number of carbonyl (C=O) groups excluding carboxylic acids is 2. The molecule has 164 valence electrons. The van der Waals surface area contributed by atoms with Crippen molar-refractivity contribution < 1.29 is 19.1 Å². The molecule has 30 heavy (non-hydrogen) atoms. The van der Waals surface area contributed by atoms with Crippen LogP contribution in [-0.2, 0) is 19.7 Å². The number of likely N-dealkylation sites (N-methyl/N-ethyl adjacent to an activating group) is 1. The maximum atomic E-state index is 13.3. The molecule has 3 aliphatic rings. The lowest BCUT2D eigenvalue weighted by atomic mass is 9.73. The Balaban J connectivity index is 1.51. The van der Waals surface area contributed by atoms with Gasteiger partial charge in [-0.15, -0.1) is 0 Å². The van der Waals surface area contributed by atoms with Gasteiger partial charge in [-0.25, -0.2) is 0 Å². The van der Waals surface area contributed by atoms with Crippen LogP contribution in [0.25, 0.3) is 0 Å². The Morgan fingerprint density at radius 3 is 2.70 bits per heavy atom. The zero-order valence-electron chi connectivity index (χ0n) is 18.1. The number of nitrogens with one attached hydrogen (secondary N) is 1. The van der Waals surface area contributed by atoms with Gasteiger partial charge in [-0.1, -0.05) is 0 Å². The van der Waals surface area contributed by atoms with E-state index in [0.717, 1.165) is 69.6 Å². The van der Waals surface area contributed by atoms with E-state index >= 15 is 0 Å². The molecule has 0 radical (unpaired) electrons. The van der Waals surface area contributed by atoms with Crippen LogP contribution >= 0.6 is 0 Å². The maximum absolute atomic E-state index is 13.3. The molecule has 2 amide bonds.